The largest absolute Gasteiger partial charge is 0.331 e. The van der Waals surface area contributed by atoms with Gasteiger partial charge in [-0.2, -0.15) is 0 Å². The average molecular weight is 565 g/mol. The maximum atomic E-state index is 12.5. The number of Topliss-reactive ketones (excluding diaryl/α,β-unsaturated/α-hetero) is 2. The average Bonchev–Trinajstić information content (AvgIpc) is 3.36. The van der Waals surface area contributed by atoms with Crippen molar-refractivity contribution in [1.29, 1.82) is 0 Å². The minimum Gasteiger partial charge on any atom is -0.331 e. The Labute approximate surface area is 244 Å². The molecule has 2 heterocycles. The van der Waals surface area contributed by atoms with Gasteiger partial charge in [0, 0.05) is 37.0 Å². The lowest BCUT2D eigenvalue weighted by Crippen LogP contribution is -2.48. The highest BCUT2D eigenvalue weighted by atomic mass is 16.2. The molecule has 0 aromatic rings. The number of hydrogen-bond donors (Lipinski definition) is 2. The third-order valence-corrected chi connectivity index (χ3v) is 7.49. The van der Waals surface area contributed by atoms with Gasteiger partial charge < -0.3 is 20.4 Å². The summed E-state index contributed by atoms with van der Waals surface area (Å²) in [6, 6.07) is -0.168. The molecule has 2 aliphatic rings. The van der Waals surface area contributed by atoms with Crippen molar-refractivity contribution in [1.82, 2.24) is 20.4 Å². The van der Waals surface area contributed by atoms with Crippen molar-refractivity contribution in [3.63, 3.8) is 0 Å². The molecule has 0 saturated carbocycles. The number of hydrogen-bond acceptors (Lipinski definition) is 6. The lowest BCUT2D eigenvalue weighted by Gasteiger charge is -2.30. The van der Waals surface area contributed by atoms with E-state index in [1.54, 1.807) is 0 Å². The molecule has 2 N–H and O–H groups in total. The van der Waals surface area contributed by atoms with Crippen molar-refractivity contribution in [3.8, 4) is 0 Å². The minimum absolute atomic E-state index is 0.0244. The van der Waals surface area contributed by atoms with Crippen LogP contribution in [-0.4, -0.2) is 82.5 Å². The standard InChI is InChI=1S/2C16H30N2O2/c2*1-10(2)9-14(15(19)11(3)4)18-8-7-13(16(18)20)17-12(5)6/h2*10-14,17H,7-9H2,1-6H3/t13-,14+;13-,14-/m10/s1. The zero-order valence-electron chi connectivity index (χ0n) is 27.5. The molecule has 8 nitrogen and oxygen atoms in total. The van der Waals surface area contributed by atoms with E-state index < -0.39 is 0 Å². The van der Waals surface area contributed by atoms with Crippen molar-refractivity contribution in [3.05, 3.63) is 0 Å². The smallest absolute Gasteiger partial charge is 0.240 e. The van der Waals surface area contributed by atoms with Gasteiger partial charge in [0.25, 0.3) is 0 Å². The minimum atomic E-state index is -0.249. The molecule has 0 unspecified atom stereocenters. The molecule has 2 aliphatic heterocycles. The van der Waals surface area contributed by atoms with Crippen LogP contribution in [0.3, 0.4) is 0 Å². The summed E-state index contributed by atoms with van der Waals surface area (Å²) in [5.74, 6) is 1.35. The van der Waals surface area contributed by atoms with E-state index in [1.807, 2.05) is 65.2 Å². The molecular weight excluding hydrogens is 504 g/mol. The summed E-state index contributed by atoms with van der Waals surface area (Å²) >= 11 is 0. The SMILES string of the molecule is CC(C)C[C@@H](C(=O)C(C)C)N1CC[C@@H](NC(C)C)C1=O.CC(C)C[C@@H](C(=O)C(C)C)N1CC[C@H](NC(C)C)C1=O. The van der Waals surface area contributed by atoms with Crippen LogP contribution in [0, 0.1) is 23.7 Å². The molecule has 0 bridgehead atoms. The molecule has 0 aromatic carbocycles. The maximum Gasteiger partial charge on any atom is 0.240 e. The van der Waals surface area contributed by atoms with Crippen LogP contribution < -0.4 is 10.6 Å². The summed E-state index contributed by atoms with van der Waals surface area (Å²) < 4.78 is 0. The fourth-order valence-corrected chi connectivity index (χ4v) is 5.59. The lowest BCUT2D eigenvalue weighted by atomic mass is 9.93. The van der Waals surface area contributed by atoms with Gasteiger partial charge in [-0.25, -0.2) is 0 Å². The predicted molar refractivity (Wildman–Crippen MR) is 163 cm³/mol. The predicted octanol–water partition coefficient (Wildman–Crippen LogP) is 4.45. The van der Waals surface area contributed by atoms with Gasteiger partial charge in [0.1, 0.15) is 0 Å². The zero-order chi connectivity index (χ0) is 30.9. The molecule has 2 fully saturated rings. The Kier molecular flexibility index (Phi) is 15.0. The highest BCUT2D eigenvalue weighted by molar-refractivity contribution is 5.93. The third-order valence-electron chi connectivity index (χ3n) is 7.49. The third kappa shape index (κ3) is 10.9. The van der Waals surface area contributed by atoms with E-state index in [0.29, 0.717) is 24.9 Å². The van der Waals surface area contributed by atoms with Crippen LogP contribution in [0.4, 0.5) is 0 Å². The molecule has 2 rings (SSSR count). The fourth-order valence-electron chi connectivity index (χ4n) is 5.59. The molecule has 2 saturated heterocycles. The van der Waals surface area contributed by atoms with E-state index >= 15 is 0 Å². The summed E-state index contributed by atoms with van der Waals surface area (Å²) in [7, 11) is 0. The molecule has 232 valence electrons. The summed E-state index contributed by atoms with van der Waals surface area (Å²) in [6.07, 6.45) is 3.13. The van der Waals surface area contributed by atoms with Gasteiger partial charge in [-0.1, -0.05) is 83.1 Å². The quantitative estimate of drug-likeness (QED) is 0.323. The van der Waals surface area contributed by atoms with E-state index in [-0.39, 0.29) is 71.5 Å². The van der Waals surface area contributed by atoms with E-state index in [4.69, 9.17) is 0 Å². The number of carbonyl (C=O) groups is 4. The number of likely N-dealkylation sites (tertiary alicyclic amines) is 2. The molecule has 2 amide bonds. The first-order valence-electron chi connectivity index (χ1n) is 15.7. The van der Waals surface area contributed by atoms with Crippen molar-refractivity contribution in [2.75, 3.05) is 13.1 Å². The Balaban J connectivity index is 0.000000400. The highest BCUT2D eigenvalue weighted by Gasteiger charge is 2.40. The van der Waals surface area contributed by atoms with Crippen LogP contribution in [-0.2, 0) is 19.2 Å². The molecule has 0 radical (unpaired) electrons. The van der Waals surface area contributed by atoms with Crippen LogP contribution in [0.1, 0.15) is 109 Å². The Hall–Kier alpha value is -1.80. The number of ketones is 2. The number of carbonyl (C=O) groups excluding carboxylic acids is 4. The second-order valence-electron chi connectivity index (χ2n) is 13.8. The maximum absolute atomic E-state index is 12.5. The lowest BCUT2D eigenvalue weighted by molar-refractivity contribution is -0.139. The van der Waals surface area contributed by atoms with E-state index in [1.165, 1.54) is 0 Å². The normalized spacial score (nSPS) is 21.4. The number of amides is 2. The van der Waals surface area contributed by atoms with Gasteiger partial charge in [0.2, 0.25) is 11.8 Å². The van der Waals surface area contributed by atoms with Crippen molar-refractivity contribution in [2.45, 2.75) is 145 Å². The van der Waals surface area contributed by atoms with Crippen LogP contribution >= 0.6 is 0 Å². The van der Waals surface area contributed by atoms with Gasteiger partial charge in [-0.15, -0.1) is 0 Å². The molecule has 40 heavy (non-hydrogen) atoms. The number of nitrogens with one attached hydrogen (secondary N) is 2. The number of nitrogens with zero attached hydrogens (tertiary/aromatic N) is 2. The first kappa shape index (κ1) is 36.2. The summed E-state index contributed by atoms with van der Waals surface area (Å²) in [5.41, 5.74) is 0. The van der Waals surface area contributed by atoms with E-state index in [9.17, 15) is 19.2 Å². The Morgan fingerprint density at radius 3 is 1.15 bits per heavy atom. The Bertz CT molecular complexity index is 769. The second-order valence-corrected chi connectivity index (χ2v) is 13.8. The Morgan fingerprint density at radius 1 is 0.625 bits per heavy atom. The summed E-state index contributed by atoms with van der Waals surface area (Å²) in [5, 5.41) is 6.59. The monoisotopic (exact) mass is 564 g/mol. The van der Waals surface area contributed by atoms with E-state index in [2.05, 4.69) is 38.3 Å². The van der Waals surface area contributed by atoms with Crippen LogP contribution in [0.2, 0.25) is 0 Å². The van der Waals surface area contributed by atoms with Gasteiger partial charge >= 0.3 is 0 Å². The van der Waals surface area contributed by atoms with Gasteiger partial charge in [-0.3, -0.25) is 19.2 Å². The van der Waals surface area contributed by atoms with Crippen molar-refractivity contribution >= 4 is 23.4 Å². The molecule has 0 spiro atoms. The first-order valence-corrected chi connectivity index (χ1v) is 15.7. The molecule has 8 heteroatoms. The van der Waals surface area contributed by atoms with Crippen molar-refractivity contribution in [2.24, 2.45) is 23.7 Å². The topological polar surface area (TPSA) is 98.8 Å². The first-order chi connectivity index (χ1) is 18.5. The number of rotatable bonds is 14. The van der Waals surface area contributed by atoms with Gasteiger partial charge in [-0.05, 0) is 37.5 Å². The summed E-state index contributed by atoms with van der Waals surface area (Å²) in [6.45, 7) is 25.6. The van der Waals surface area contributed by atoms with Gasteiger partial charge in [0.05, 0.1) is 24.2 Å². The fraction of sp³-hybridized carbons (Fsp3) is 0.875. The molecule has 0 aliphatic carbocycles. The Morgan fingerprint density at radius 2 is 0.925 bits per heavy atom. The summed E-state index contributed by atoms with van der Waals surface area (Å²) in [4.78, 5) is 53.5. The van der Waals surface area contributed by atoms with Crippen LogP contribution in [0.5, 0.6) is 0 Å². The van der Waals surface area contributed by atoms with Crippen LogP contribution in [0.25, 0.3) is 0 Å². The van der Waals surface area contributed by atoms with Gasteiger partial charge in [0.15, 0.2) is 11.6 Å². The van der Waals surface area contributed by atoms with Crippen molar-refractivity contribution < 1.29 is 19.2 Å². The molecule has 0 aromatic heterocycles. The second kappa shape index (κ2) is 16.6. The highest BCUT2D eigenvalue weighted by Crippen LogP contribution is 2.24. The van der Waals surface area contributed by atoms with E-state index in [0.717, 1.165) is 25.7 Å². The molecular formula is C32H60N4O4. The zero-order valence-corrected chi connectivity index (χ0v) is 27.5. The van der Waals surface area contributed by atoms with Crippen LogP contribution in [0.15, 0.2) is 0 Å². The molecule has 4 atom stereocenters.